The Morgan fingerprint density at radius 1 is 1.02 bits per heavy atom. The monoisotopic (exact) mass is 670 g/mol. The molecule has 1 aliphatic carbocycles. The first-order valence-electron chi connectivity index (χ1n) is 17.7. The Labute approximate surface area is 288 Å². The molecular formula is C37H50N8O4. The van der Waals surface area contributed by atoms with Crippen LogP contribution in [-0.4, -0.2) is 94.3 Å². The first kappa shape index (κ1) is 34.3. The minimum atomic E-state index is -1.20. The van der Waals surface area contributed by atoms with Gasteiger partial charge in [0.1, 0.15) is 5.75 Å². The maximum atomic E-state index is 13.6. The van der Waals surface area contributed by atoms with E-state index < -0.39 is 5.60 Å². The second kappa shape index (κ2) is 15.3. The van der Waals surface area contributed by atoms with Crippen LogP contribution in [0.15, 0.2) is 60.9 Å². The third-order valence-electron chi connectivity index (χ3n) is 9.86. The number of benzene rings is 2. The molecule has 0 radical (unpaired) electrons. The Bertz CT molecular complexity index is 1570. The van der Waals surface area contributed by atoms with Gasteiger partial charge in [-0.05, 0) is 82.1 Å². The fourth-order valence-electron chi connectivity index (χ4n) is 6.88. The van der Waals surface area contributed by atoms with Crippen molar-refractivity contribution in [1.82, 2.24) is 30.6 Å². The summed E-state index contributed by atoms with van der Waals surface area (Å²) in [5.41, 5.74) is 8.87. The van der Waals surface area contributed by atoms with Crippen LogP contribution in [0.1, 0.15) is 64.4 Å². The van der Waals surface area contributed by atoms with Gasteiger partial charge in [-0.3, -0.25) is 14.7 Å². The molecule has 2 aliphatic heterocycles. The lowest BCUT2D eigenvalue weighted by Gasteiger charge is -2.36. The van der Waals surface area contributed by atoms with Crippen LogP contribution in [0.25, 0.3) is 11.1 Å². The SMILES string of the molecule is CC(C)(Oc1cccc(N2CCC[C@H](NC(=O)N(Cc3ccc(-c4cn[nH]c4)cc3)C3CC3)C2)c1)C(=O)NCC(=O)N1CCCC[C@@H]1CN. The molecule has 1 saturated carbocycles. The van der Waals surface area contributed by atoms with Gasteiger partial charge in [-0.25, -0.2) is 4.79 Å². The maximum Gasteiger partial charge on any atom is 0.318 e. The van der Waals surface area contributed by atoms with Gasteiger partial charge in [-0.15, -0.1) is 0 Å². The number of hydrogen-bond donors (Lipinski definition) is 4. The molecule has 2 aromatic carbocycles. The van der Waals surface area contributed by atoms with E-state index in [4.69, 9.17) is 10.5 Å². The van der Waals surface area contributed by atoms with Gasteiger partial charge in [0.05, 0.1) is 12.7 Å². The van der Waals surface area contributed by atoms with Crippen LogP contribution in [0.2, 0.25) is 0 Å². The van der Waals surface area contributed by atoms with E-state index in [0.29, 0.717) is 31.9 Å². The highest BCUT2D eigenvalue weighted by molar-refractivity contribution is 5.89. The van der Waals surface area contributed by atoms with E-state index in [9.17, 15) is 14.4 Å². The normalized spacial score (nSPS) is 19.7. The van der Waals surface area contributed by atoms with E-state index >= 15 is 0 Å². The van der Waals surface area contributed by atoms with Crippen molar-refractivity contribution in [1.29, 1.82) is 0 Å². The van der Waals surface area contributed by atoms with Crippen molar-refractivity contribution in [3.63, 3.8) is 0 Å². The second-order valence-corrected chi connectivity index (χ2v) is 14.0. The highest BCUT2D eigenvalue weighted by Crippen LogP contribution is 2.30. The van der Waals surface area contributed by atoms with Crippen molar-refractivity contribution in [2.24, 2.45) is 5.73 Å². The summed E-state index contributed by atoms with van der Waals surface area (Å²) in [6.07, 6.45) is 10.5. The molecule has 12 nitrogen and oxygen atoms in total. The second-order valence-electron chi connectivity index (χ2n) is 14.0. The predicted octanol–water partition coefficient (Wildman–Crippen LogP) is 4.03. The molecule has 5 N–H and O–H groups in total. The Morgan fingerprint density at radius 3 is 2.57 bits per heavy atom. The van der Waals surface area contributed by atoms with Crippen LogP contribution in [0.5, 0.6) is 5.75 Å². The molecule has 49 heavy (non-hydrogen) atoms. The van der Waals surface area contributed by atoms with Crippen LogP contribution in [-0.2, 0) is 16.1 Å². The van der Waals surface area contributed by atoms with Crippen LogP contribution in [0, 0.1) is 0 Å². The summed E-state index contributed by atoms with van der Waals surface area (Å²) in [5.74, 6) is 0.0869. The predicted molar refractivity (Wildman–Crippen MR) is 189 cm³/mol. The summed E-state index contributed by atoms with van der Waals surface area (Å²) in [6, 6.07) is 16.3. The lowest BCUT2D eigenvalue weighted by atomic mass is 10.0. The number of nitrogens with zero attached hydrogens (tertiary/aromatic N) is 4. The van der Waals surface area contributed by atoms with Crippen LogP contribution < -0.4 is 26.0 Å². The summed E-state index contributed by atoms with van der Waals surface area (Å²) in [4.78, 5) is 45.6. The number of rotatable bonds is 12. The number of hydrogen-bond acceptors (Lipinski definition) is 7. The molecule has 1 aromatic heterocycles. The lowest BCUT2D eigenvalue weighted by molar-refractivity contribution is -0.139. The largest absolute Gasteiger partial charge is 0.478 e. The average Bonchev–Trinajstić information content (AvgIpc) is 3.81. The number of nitrogens with one attached hydrogen (secondary N) is 3. The van der Waals surface area contributed by atoms with Gasteiger partial charge in [0, 0.05) is 74.4 Å². The number of nitrogens with two attached hydrogens (primary N) is 1. The molecule has 262 valence electrons. The number of piperidine rings is 2. The maximum absolute atomic E-state index is 13.6. The van der Waals surface area contributed by atoms with Gasteiger partial charge in [-0.1, -0.05) is 30.3 Å². The number of amides is 4. The van der Waals surface area contributed by atoms with Gasteiger partial charge in [0.2, 0.25) is 5.91 Å². The number of carbonyl (C=O) groups is 3. The zero-order valence-corrected chi connectivity index (χ0v) is 28.7. The summed E-state index contributed by atoms with van der Waals surface area (Å²) in [6.45, 7) is 6.53. The van der Waals surface area contributed by atoms with Crippen LogP contribution in [0.3, 0.4) is 0 Å². The molecule has 0 unspecified atom stereocenters. The first-order chi connectivity index (χ1) is 23.7. The number of ether oxygens (including phenoxy) is 1. The third kappa shape index (κ3) is 8.72. The number of urea groups is 1. The number of likely N-dealkylation sites (tertiary alicyclic amines) is 1. The van der Waals surface area contributed by atoms with Crippen LogP contribution >= 0.6 is 0 Å². The number of aromatic amines is 1. The summed E-state index contributed by atoms with van der Waals surface area (Å²) in [7, 11) is 0. The van der Waals surface area contributed by atoms with E-state index in [1.54, 1.807) is 24.9 Å². The number of H-pyrrole nitrogens is 1. The average molecular weight is 671 g/mol. The summed E-state index contributed by atoms with van der Waals surface area (Å²) >= 11 is 0. The van der Waals surface area contributed by atoms with Crippen molar-refractivity contribution >= 4 is 23.5 Å². The van der Waals surface area contributed by atoms with E-state index in [0.717, 1.165) is 73.9 Å². The molecule has 2 atom stereocenters. The van der Waals surface area contributed by atoms with Crippen molar-refractivity contribution in [2.75, 3.05) is 37.6 Å². The fourth-order valence-corrected chi connectivity index (χ4v) is 6.88. The molecule has 12 heteroatoms. The Balaban J connectivity index is 1.02. The minimum absolute atomic E-state index is 0.00840. The molecule has 3 heterocycles. The Hall–Kier alpha value is -4.58. The van der Waals surface area contributed by atoms with Crippen molar-refractivity contribution < 1.29 is 19.1 Å². The van der Waals surface area contributed by atoms with Gasteiger partial charge in [-0.2, -0.15) is 5.10 Å². The number of anilines is 1. The third-order valence-corrected chi connectivity index (χ3v) is 9.86. The molecular weight excluding hydrogens is 620 g/mol. The Morgan fingerprint density at radius 2 is 1.84 bits per heavy atom. The van der Waals surface area contributed by atoms with Crippen molar-refractivity contribution in [3.05, 3.63) is 66.5 Å². The highest BCUT2D eigenvalue weighted by atomic mass is 16.5. The molecule has 3 fully saturated rings. The van der Waals surface area contributed by atoms with E-state index in [2.05, 4.69) is 50.0 Å². The molecule has 0 bridgehead atoms. The zero-order valence-electron chi connectivity index (χ0n) is 28.7. The molecule has 2 saturated heterocycles. The first-order valence-corrected chi connectivity index (χ1v) is 17.7. The number of aromatic nitrogens is 2. The van der Waals surface area contributed by atoms with Crippen molar-refractivity contribution in [2.45, 2.75) is 89.1 Å². The fraction of sp³-hybridized carbons (Fsp3) is 0.514. The molecule has 4 amide bonds. The zero-order chi connectivity index (χ0) is 34.4. The lowest BCUT2D eigenvalue weighted by Crippen LogP contribution is -2.53. The minimum Gasteiger partial charge on any atom is -0.478 e. The highest BCUT2D eigenvalue weighted by Gasteiger charge is 2.35. The van der Waals surface area contributed by atoms with Crippen molar-refractivity contribution in [3.8, 4) is 16.9 Å². The van der Waals surface area contributed by atoms with Gasteiger partial charge < -0.3 is 35.8 Å². The topological polar surface area (TPSA) is 149 Å². The summed E-state index contributed by atoms with van der Waals surface area (Å²) < 4.78 is 6.19. The molecule has 6 rings (SSSR count). The van der Waals surface area contributed by atoms with E-state index in [-0.39, 0.29) is 42.5 Å². The van der Waals surface area contributed by atoms with Gasteiger partial charge in [0.15, 0.2) is 5.60 Å². The summed E-state index contributed by atoms with van der Waals surface area (Å²) in [5, 5.41) is 13.0. The number of carbonyl (C=O) groups excluding carboxylic acids is 3. The smallest absolute Gasteiger partial charge is 0.318 e. The Kier molecular flexibility index (Phi) is 10.7. The standard InChI is InChI=1S/C37H50N8O4/c1-37(2,35(47)39-23-34(46)44-18-4-3-8-32(44)20-38)49-33-10-5-9-31(19-33)43-17-6-7-29(25-43)42-36(48)45(30-15-16-30)24-26-11-13-27(14-12-26)28-21-40-41-22-28/h5,9-14,19,21-22,29-30,32H,3-4,6-8,15-18,20,23-25,38H2,1-2H3,(H,39,47)(H,40,41)(H,42,48)/t29-,32+/m0/s1. The molecule has 3 aliphatic rings. The van der Waals surface area contributed by atoms with E-state index in [1.165, 1.54) is 0 Å². The van der Waals surface area contributed by atoms with Crippen LogP contribution in [0.4, 0.5) is 10.5 Å². The quantitative estimate of drug-likeness (QED) is 0.227. The van der Waals surface area contributed by atoms with Gasteiger partial charge in [0.25, 0.3) is 5.91 Å². The van der Waals surface area contributed by atoms with Gasteiger partial charge >= 0.3 is 6.03 Å². The van der Waals surface area contributed by atoms with E-state index in [1.807, 2.05) is 35.4 Å². The molecule has 3 aromatic rings. The molecule has 0 spiro atoms.